The molecule has 0 heterocycles. The highest BCUT2D eigenvalue weighted by Gasteiger charge is 1.91. The van der Waals surface area contributed by atoms with Crippen LogP contribution in [0.4, 0.5) is 0 Å². The minimum Gasteiger partial charge on any atom is -0.493 e. The molecule has 0 fully saturated rings. The number of ether oxygens (including phenoxy) is 1. The van der Waals surface area contributed by atoms with Gasteiger partial charge in [-0.2, -0.15) is 0 Å². The maximum absolute atomic E-state index is 5.44. The van der Waals surface area contributed by atoms with Crippen LogP contribution in [-0.2, 0) is 0 Å². The van der Waals surface area contributed by atoms with E-state index in [1.165, 1.54) is 0 Å². The first-order chi connectivity index (χ1) is 5.83. The van der Waals surface area contributed by atoms with Crippen LogP contribution in [0.3, 0.4) is 0 Å². The Kier molecular flexibility index (Phi) is 3.83. The van der Waals surface area contributed by atoms with Crippen LogP contribution in [0, 0.1) is 0 Å². The van der Waals surface area contributed by atoms with Crippen molar-refractivity contribution in [3.8, 4) is 5.75 Å². The molecule has 0 saturated carbocycles. The Morgan fingerprint density at radius 1 is 1.50 bits per heavy atom. The van der Waals surface area contributed by atoms with E-state index in [1.54, 1.807) is 0 Å². The van der Waals surface area contributed by atoms with Gasteiger partial charge in [0.05, 0.1) is 6.61 Å². The standard InChI is InChI=1S/C10H13OP/c1-2-3-7-11-9-5-4-6-10(12)8-9/h2,4-6,8H,1,3,7,12H2. The van der Waals surface area contributed by atoms with Crippen LogP contribution in [0.1, 0.15) is 6.42 Å². The maximum atomic E-state index is 5.44. The molecule has 0 aliphatic carbocycles. The van der Waals surface area contributed by atoms with Gasteiger partial charge in [-0.3, -0.25) is 0 Å². The fraction of sp³-hybridized carbons (Fsp3) is 0.200. The molecular weight excluding hydrogens is 167 g/mol. The zero-order chi connectivity index (χ0) is 8.81. The summed E-state index contributed by atoms with van der Waals surface area (Å²) in [4.78, 5) is 0. The summed E-state index contributed by atoms with van der Waals surface area (Å²) in [6, 6.07) is 7.95. The Hall–Kier alpha value is -0.810. The van der Waals surface area contributed by atoms with Crippen LogP contribution in [-0.4, -0.2) is 6.61 Å². The van der Waals surface area contributed by atoms with Crippen molar-refractivity contribution in [2.45, 2.75) is 6.42 Å². The van der Waals surface area contributed by atoms with Crippen LogP contribution >= 0.6 is 9.24 Å². The van der Waals surface area contributed by atoms with Crippen molar-refractivity contribution in [2.75, 3.05) is 6.61 Å². The second-order valence-corrected chi connectivity index (χ2v) is 3.16. The summed E-state index contributed by atoms with van der Waals surface area (Å²) in [6.45, 7) is 4.33. The first kappa shape index (κ1) is 9.28. The number of rotatable bonds is 4. The van der Waals surface area contributed by atoms with Crippen molar-refractivity contribution in [1.82, 2.24) is 0 Å². The van der Waals surface area contributed by atoms with Crippen LogP contribution in [0.15, 0.2) is 36.9 Å². The Bertz CT molecular complexity index is 258. The third-order valence-corrected chi connectivity index (χ3v) is 1.81. The monoisotopic (exact) mass is 180 g/mol. The van der Waals surface area contributed by atoms with E-state index in [0.717, 1.165) is 17.5 Å². The predicted octanol–water partition coefficient (Wildman–Crippen LogP) is 2.14. The quantitative estimate of drug-likeness (QED) is 0.392. The lowest BCUT2D eigenvalue weighted by Crippen LogP contribution is -1.97. The third kappa shape index (κ3) is 3.06. The van der Waals surface area contributed by atoms with Crippen molar-refractivity contribution >= 4 is 14.5 Å². The number of hydrogen-bond donors (Lipinski definition) is 0. The van der Waals surface area contributed by atoms with Gasteiger partial charge in [0.1, 0.15) is 5.75 Å². The normalized spacial score (nSPS) is 9.42. The molecule has 1 rings (SSSR count). The third-order valence-electron chi connectivity index (χ3n) is 1.45. The smallest absolute Gasteiger partial charge is 0.119 e. The van der Waals surface area contributed by atoms with Gasteiger partial charge >= 0.3 is 0 Å². The zero-order valence-electron chi connectivity index (χ0n) is 6.99. The predicted molar refractivity (Wildman–Crippen MR) is 56.1 cm³/mol. The van der Waals surface area contributed by atoms with Crippen molar-refractivity contribution in [3.63, 3.8) is 0 Å². The molecule has 0 aliphatic heterocycles. The molecule has 0 bridgehead atoms. The van der Waals surface area contributed by atoms with Crippen molar-refractivity contribution in [1.29, 1.82) is 0 Å². The molecule has 0 N–H and O–H groups in total. The fourth-order valence-corrected chi connectivity index (χ4v) is 1.14. The summed E-state index contributed by atoms with van der Waals surface area (Å²) in [5, 5.41) is 1.14. The fourth-order valence-electron chi connectivity index (χ4n) is 0.864. The lowest BCUT2D eigenvalue weighted by molar-refractivity contribution is 0.325. The molecule has 0 aromatic heterocycles. The first-order valence-corrected chi connectivity index (χ1v) is 4.50. The summed E-state index contributed by atoms with van der Waals surface area (Å²) in [5.41, 5.74) is 0. The van der Waals surface area contributed by atoms with Crippen molar-refractivity contribution in [3.05, 3.63) is 36.9 Å². The van der Waals surface area contributed by atoms with E-state index in [4.69, 9.17) is 4.74 Å². The second-order valence-electron chi connectivity index (χ2n) is 2.50. The average molecular weight is 180 g/mol. The van der Waals surface area contributed by atoms with Gasteiger partial charge in [-0.15, -0.1) is 15.8 Å². The molecule has 0 saturated heterocycles. The Balaban J connectivity index is 2.46. The zero-order valence-corrected chi connectivity index (χ0v) is 8.15. The Morgan fingerprint density at radius 3 is 3.00 bits per heavy atom. The van der Waals surface area contributed by atoms with Gasteiger partial charge in [0.15, 0.2) is 0 Å². The number of benzene rings is 1. The average Bonchev–Trinajstić information content (AvgIpc) is 2.05. The molecular formula is C10H13OP. The van der Waals surface area contributed by atoms with E-state index in [-0.39, 0.29) is 0 Å². The lowest BCUT2D eigenvalue weighted by Gasteiger charge is -2.04. The molecule has 2 heteroatoms. The van der Waals surface area contributed by atoms with E-state index in [1.807, 2.05) is 30.3 Å². The number of hydrogen-bond acceptors (Lipinski definition) is 1. The van der Waals surface area contributed by atoms with Crippen LogP contribution in [0.2, 0.25) is 0 Å². The van der Waals surface area contributed by atoms with Crippen LogP contribution in [0.5, 0.6) is 5.75 Å². The molecule has 0 amide bonds. The Morgan fingerprint density at radius 2 is 2.33 bits per heavy atom. The van der Waals surface area contributed by atoms with Crippen LogP contribution in [0.25, 0.3) is 0 Å². The van der Waals surface area contributed by atoms with Gasteiger partial charge in [0, 0.05) is 0 Å². The minimum absolute atomic E-state index is 0.706. The van der Waals surface area contributed by atoms with E-state index < -0.39 is 0 Å². The summed E-state index contributed by atoms with van der Waals surface area (Å²) in [5.74, 6) is 0.921. The summed E-state index contributed by atoms with van der Waals surface area (Å²) in [6.07, 6.45) is 2.74. The van der Waals surface area contributed by atoms with Gasteiger partial charge in [0.2, 0.25) is 0 Å². The van der Waals surface area contributed by atoms with Gasteiger partial charge in [-0.25, -0.2) is 0 Å². The van der Waals surface area contributed by atoms with Crippen molar-refractivity contribution in [2.24, 2.45) is 0 Å². The maximum Gasteiger partial charge on any atom is 0.119 e. The van der Waals surface area contributed by atoms with Gasteiger partial charge in [-0.05, 0) is 23.9 Å². The molecule has 0 aliphatic rings. The molecule has 1 unspecified atom stereocenters. The molecule has 0 spiro atoms. The highest BCUT2D eigenvalue weighted by Crippen LogP contribution is 2.08. The molecule has 64 valence electrons. The summed E-state index contributed by atoms with van der Waals surface area (Å²) >= 11 is 0. The molecule has 1 nitrogen and oxygen atoms in total. The van der Waals surface area contributed by atoms with Gasteiger partial charge in [0.25, 0.3) is 0 Å². The van der Waals surface area contributed by atoms with Gasteiger partial charge in [-0.1, -0.05) is 18.2 Å². The molecule has 1 atom stereocenters. The van der Waals surface area contributed by atoms with E-state index >= 15 is 0 Å². The SMILES string of the molecule is C=CCCOc1cccc(P)c1. The first-order valence-electron chi connectivity index (χ1n) is 3.92. The molecule has 0 radical (unpaired) electrons. The van der Waals surface area contributed by atoms with Gasteiger partial charge < -0.3 is 4.74 Å². The molecule has 1 aromatic rings. The largest absolute Gasteiger partial charge is 0.493 e. The second kappa shape index (κ2) is 4.95. The molecule has 12 heavy (non-hydrogen) atoms. The lowest BCUT2D eigenvalue weighted by atomic mass is 10.3. The highest BCUT2D eigenvalue weighted by atomic mass is 31.0. The Labute approximate surface area is 75.6 Å². The van der Waals surface area contributed by atoms with Crippen LogP contribution < -0.4 is 10.0 Å². The highest BCUT2D eigenvalue weighted by molar-refractivity contribution is 7.27. The van der Waals surface area contributed by atoms with E-state index in [9.17, 15) is 0 Å². The van der Waals surface area contributed by atoms with E-state index in [2.05, 4.69) is 15.8 Å². The molecule has 1 aromatic carbocycles. The van der Waals surface area contributed by atoms with E-state index in [0.29, 0.717) is 6.61 Å². The summed E-state index contributed by atoms with van der Waals surface area (Å²) < 4.78 is 5.44. The topological polar surface area (TPSA) is 9.23 Å². The van der Waals surface area contributed by atoms with Crippen molar-refractivity contribution < 1.29 is 4.74 Å². The minimum atomic E-state index is 0.706. The summed E-state index contributed by atoms with van der Waals surface area (Å²) in [7, 11) is 2.64.